The van der Waals surface area contributed by atoms with Crippen LogP contribution in [0.15, 0.2) is 54.6 Å². The topological polar surface area (TPSA) is 69.9 Å². The Hall–Kier alpha value is -2.92. The molecule has 5 heteroatoms. The van der Waals surface area contributed by atoms with Gasteiger partial charge in [-0.25, -0.2) is 0 Å². The van der Waals surface area contributed by atoms with Gasteiger partial charge in [-0.1, -0.05) is 18.2 Å². The van der Waals surface area contributed by atoms with Crippen molar-refractivity contribution < 1.29 is 19.9 Å². The molecule has 0 fully saturated rings. The van der Waals surface area contributed by atoms with Crippen LogP contribution in [0, 0.1) is 0 Å². The first kappa shape index (κ1) is 13.7. The fourth-order valence-electron chi connectivity index (χ4n) is 2.86. The zero-order valence-electron chi connectivity index (χ0n) is 12.1. The first-order valence-electron chi connectivity index (χ1n) is 7.23. The molecule has 0 unspecified atom stereocenters. The van der Waals surface area contributed by atoms with Gasteiger partial charge in [0.05, 0.1) is 0 Å². The van der Waals surface area contributed by atoms with Crippen molar-refractivity contribution in [1.82, 2.24) is 0 Å². The summed E-state index contributed by atoms with van der Waals surface area (Å²) >= 11 is 0. The van der Waals surface area contributed by atoms with Crippen LogP contribution in [0.4, 0.5) is 0 Å². The predicted octanol–water partition coefficient (Wildman–Crippen LogP) is 3.20. The highest BCUT2D eigenvalue weighted by Crippen LogP contribution is 2.37. The SMILES string of the molecule is OB1Oc2ccc3cc(O)ccc3c2C=C1c1ccc(O)cc1. The second-order valence-corrected chi connectivity index (χ2v) is 5.50. The molecule has 0 saturated heterocycles. The van der Waals surface area contributed by atoms with Crippen LogP contribution in [-0.4, -0.2) is 22.4 Å². The number of hydrogen-bond donors (Lipinski definition) is 3. The molecular weight excluding hydrogens is 291 g/mol. The smallest absolute Gasteiger partial charge is 0.532 e. The minimum atomic E-state index is -1.07. The van der Waals surface area contributed by atoms with Crippen LogP contribution in [-0.2, 0) is 0 Å². The lowest BCUT2D eigenvalue weighted by molar-refractivity contribution is 0.432. The fourth-order valence-corrected chi connectivity index (χ4v) is 2.86. The molecule has 0 saturated carbocycles. The van der Waals surface area contributed by atoms with Crippen LogP contribution in [0.5, 0.6) is 17.2 Å². The Morgan fingerprint density at radius 1 is 0.826 bits per heavy atom. The molecule has 23 heavy (non-hydrogen) atoms. The summed E-state index contributed by atoms with van der Waals surface area (Å²) in [6, 6.07) is 15.4. The molecule has 0 amide bonds. The number of phenolic OH excluding ortho intramolecular Hbond substituents is 2. The molecule has 0 bridgehead atoms. The minimum Gasteiger partial charge on any atom is -0.532 e. The molecule has 1 aliphatic heterocycles. The van der Waals surface area contributed by atoms with E-state index in [0.717, 1.165) is 21.9 Å². The maximum Gasteiger partial charge on any atom is 0.560 e. The van der Waals surface area contributed by atoms with E-state index >= 15 is 0 Å². The fraction of sp³-hybridized carbons (Fsp3) is 0. The molecule has 3 aromatic carbocycles. The molecule has 1 heterocycles. The second-order valence-electron chi connectivity index (χ2n) is 5.50. The molecule has 0 aromatic heterocycles. The van der Waals surface area contributed by atoms with E-state index in [-0.39, 0.29) is 11.5 Å². The van der Waals surface area contributed by atoms with Gasteiger partial charge >= 0.3 is 7.12 Å². The molecule has 112 valence electrons. The van der Waals surface area contributed by atoms with E-state index in [4.69, 9.17) is 4.65 Å². The monoisotopic (exact) mass is 304 g/mol. The second kappa shape index (κ2) is 5.07. The summed E-state index contributed by atoms with van der Waals surface area (Å²) < 4.78 is 5.63. The normalized spacial score (nSPS) is 13.4. The van der Waals surface area contributed by atoms with E-state index < -0.39 is 7.12 Å². The van der Waals surface area contributed by atoms with Gasteiger partial charge < -0.3 is 19.9 Å². The highest BCUT2D eigenvalue weighted by Gasteiger charge is 2.29. The third-order valence-corrected chi connectivity index (χ3v) is 4.01. The summed E-state index contributed by atoms with van der Waals surface area (Å²) in [6.45, 7) is 0. The van der Waals surface area contributed by atoms with Gasteiger partial charge in [0.25, 0.3) is 0 Å². The third kappa shape index (κ3) is 2.31. The molecule has 0 spiro atoms. The third-order valence-electron chi connectivity index (χ3n) is 4.01. The Labute approximate surface area is 133 Å². The lowest BCUT2D eigenvalue weighted by Crippen LogP contribution is -2.27. The summed E-state index contributed by atoms with van der Waals surface area (Å²) in [6.07, 6.45) is 1.88. The van der Waals surface area contributed by atoms with Crippen LogP contribution >= 0.6 is 0 Å². The summed E-state index contributed by atoms with van der Waals surface area (Å²) in [4.78, 5) is 0. The summed E-state index contributed by atoms with van der Waals surface area (Å²) in [7, 11) is -1.07. The Morgan fingerprint density at radius 3 is 2.35 bits per heavy atom. The van der Waals surface area contributed by atoms with Crippen molar-refractivity contribution in [2.24, 2.45) is 0 Å². The van der Waals surface area contributed by atoms with Crippen molar-refractivity contribution in [1.29, 1.82) is 0 Å². The maximum absolute atomic E-state index is 10.3. The van der Waals surface area contributed by atoms with Crippen molar-refractivity contribution in [2.75, 3.05) is 0 Å². The van der Waals surface area contributed by atoms with Crippen LogP contribution in [0.3, 0.4) is 0 Å². The quantitative estimate of drug-likeness (QED) is 0.604. The van der Waals surface area contributed by atoms with Gasteiger partial charge in [-0.05, 0) is 58.8 Å². The highest BCUT2D eigenvalue weighted by molar-refractivity contribution is 6.70. The Balaban J connectivity index is 1.92. The van der Waals surface area contributed by atoms with Crippen molar-refractivity contribution in [3.05, 3.63) is 65.7 Å². The van der Waals surface area contributed by atoms with Gasteiger partial charge in [0, 0.05) is 11.0 Å². The number of rotatable bonds is 1. The zero-order valence-corrected chi connectivity index (χ0v) is 12.1. The predicted molar refractivity (Wildman–Crippen MR) is 90.2 cm³/mol. The van der Waals surface area contributed by atoms with E-state index in [1.807, 2.05) is 18.2 Å². The highest BCUT2D eigenvalue weighted by atomic mass is 16.5. The van der Waals surface area contributed by atoms with E-state index in [1.54, 1.807) is 42.5 Å². The van der Waals surface area contributed by atoms with Crippen molar-refractivity contribution in [2.45, 2.75) is 0 Å². The van der Waals surface area contributed by atoms with Gasteiger partial charge in [0.15, 0.2) is 0 Å². The number of fused-ring (bicyclic) bond motifs is 3. The molecule has 0 aliphatic carbocycles. The van der Waals surface area contributed by atoms with Gasteiger partial charge in [0.2, 0.25) is 0 Å². The van der Waals surface area contributed by atoms with Gasteiger partial charge in [-0.3, -0.25) is 0 Å². The first-order chi connectivity index (χ1) is 11.1. The van der Waals surface area contributed by atoms with Crippen molar-refractivity contribution in [3.63, 3.8) is 0 Å². The summed E-state index contributed by atoms with van der Waals surface area (Å²) in [5, 5.41) is 31.1. The molecule has 3 N–H and O–H groups in total. The summed E-state index contributed by atoms with van der Waals surface area (Å²) in [5.74, 6) is 0.970. The largest absolute Gasteiger partial charge is 0.560 e. The molecule has 0 atom stereocenters. The van der Waals surface area contributed by atoms with E-state index in [9.17, 15) is 15.2 Å². The number of phenols is 2. The van der Waals surface area contributed by atoms with Crippen LogP contribution in [0.1, 0.15) is 11.1 Å². The van der Waals surface area contributed by atoms with E-state index in [0.29, 0.717) is 11.2 Å². The van der Waals surface area contributed by atoms with Gasteiger partial charge in [-0.2, -0.15) is 0 Å². The van der Waals surface area contributed by atoms with E-state index in [1.165, 1.54) is 0 Å². The van der Waals surface area contributed by atoms with Crippen LogP contribution < -0.4 is 4.65 Å². The molecule has 4 rings (SSSR count). The number of benzene rings is 3. The lowest BCUT2D eigenvalue weighted by atomic mass is 9.71. The number of aromatic hydroxyl groups is 2. The minimum absolute atomic E-state index is 0.168. The summed E-state index contributed by atoms with van der Waals surface area (Å²) in [5.41, 5.74) is 2.26. The molecule has 4 nitrogen and oxygen atoms in total. The average Bonchev–Trinajstić information content (AvgIpc) is 2.55. The van der Waals surface area contributed by atoms with Gasteiger partial charge in [-0.15, -0.1) is 0 Å². The molecule has 0 radical (unpaired) electrons. The molecular formula is C18H13BO4. The Bertz CT molecular complexity index is 932. The molecule has 3 aromatic rings. The number of hydrogen-bond acceptors (Lipinski definition) is 4. The van der Waals surface area contributed by atoms with Crippen LogP contribution in [0.25, 0.3) is 22.3 Å². The maximum atomic E-state index is 10.3. The standard InChI is InChI=1S/C18H13BO4/c20-13-4-1-11(2-5-13)17-10-16-15-7-6-14(21)9-12(15)3-8-18(16)23-19(17)22/h1-10,20-22H. The Morgan fingerprint density at radius 2 is 1.57 bits per heavy atom. The van der Waals surface area contributed by atoms with Crippen molar-refractivity contribution >= 4 is 29.4 Å². The van der Waals surface area contributed by atoms with E-state index in [2.05, 4.69) is 0 Å². The van der Waals surface area contributed by atoms with Crippen molar-refractivity contribution in [3.8, 4) is 17.2 Å². The average molecular weight is 304 g/mol. The van der Waals surface area contributed by atoms with Gasteiger partial charge in [0.1, 0.15) is 17.2 Å². The first-order valence-corrected chi connectivity index (χ1v) is 7.23. The zero-order chi connectivity index (χ0) is 16.0. The van der Waals surface area contributed by atoms with Crippen LogP contribution in [0.2, 0.25) is 0 Å². The molecule has 1 aliphatic rings. The lowest BCUT2D eigenvalue weighted by Gasteiger charge is -2.22. The Kier molecular flexibility index (Phi) is 3.03.